The minimum Gasteiger partial charge on any atom is -0.370 e. The van der Waals surface area contributed by atoms with Crippen LogP contribution in [-0.4, -0.2) is 26.4 Å². The van der Waals surface area contributed by atoms with Crippen molar-refractivity contribution in [1.29, 1.82) is 0 Å². The lowest BCUT2D eigenvalue weighted by molar-refractivity contribution is -0.184. The molecular formula is C20H27FN2OS. The predicted molar refractivity (Wildman–Crippen MR) is 100 cm³/mol. The van der Waals surface area contributed by atoms with Gasteiger partial charge in [-0.05, 0) is 62.0 Å². The van der Waals surface area contributed by atoms with Gasteiger partial charge in [-0.25, -0.2) is 4.39 Å². The van der Waals surface area contributed by atoms with E-state index in [4.69, 9.17) is 12.2 Å². The molecule has 1 aliphatic heterocycles. The highest BCUT2D eigenvalue weighted by Crippen LogP contribution is 2.50. The maximum atomic E-state index is 13.2. The first-order chi connectivity index (χ1) is 12.0. The fraction of sp³-hybridized carbons (Fsp3) is 0.650. The minimum absolute atomic E-state index is 0.0379. The number of fused-ring (bicyclic) bond motifs is 2. The number of hydrogen-bond acceptors (Lipinski definition) is 2. The molecule has 1 aromatic carbocycles. The van der Waals surface area contributed by atoms with Crippen LogP contribution in [0, 0.1) is 11.7 Å². The van der Waals surface area contributed by atoms with Gasteiger partial charge in [-0.15, -0.1) is 0 Å². The second kappa shape index (κ2) is 6.51. The van der Waals surface area contributed by atoms with Crippen LogP contribution < -0.4 is 5.32 Å². The summed E-state index contributed by atoms with van der Waals surface area (Å²) in [6.07, 6.45) is 9.92. The van der Waals surface area contributed by atoms with E-state index >= 15 is 0 Å². The third-order valence-corrected chi connectivity index (χ3v) is 6.90. The van der Waals surface area contributed by atoms with Crippen molar-refractivity contribution in [2.45, 2.75) is 75.6 Å². The SMILES string of the molecule is O[C@@]12CCCC[C@@H]1C1(CCCCC1)NC(=S)N2Cc1ccc(F)cc1. The molecule has 0 amide bonds. The Kier molecular flexibility index (Phi) is 4.49. The van der Waals surface area contributed by atoms with Gasteiger partial charge >= 0.3 is 0 Å². The molecule has 1 heterocycles. The van der Waals surface area contributed by atoms with E-state index in [2.05, 4.69) is 5.32 Å². The smallest absolute Gasteiger partial charge is 0.171 e. The van der Waals surface area contributed by atoms with E-state index in [1.165, 1.54) is 37.8 Å². The molecule has 0 unspecified atom stereocenters. The molecule has 0 aromatic heterocycles. The van der Waals surface area contributed by atoms with Crippen LogP contribution in [0.5, 0.6) is 0 Å². The number of aliphatic hydroxyl groups is 1. The fourth-order valence-electron chi connectivity index (χ4n) is 5.36. The summed E-state index contributed by atoms with van der Waals surface area (Å²) >= 11 is 5.73. The summed E-state index contributed by atoms with van der Waals surface area (Å²) in [5, 5.41) is 16.1. The number of benzene rings is 1. The van der Waals surface area contributed by atoms with Gasteiger partial charge in [-0.2, -0.15) is 0 Å². The van der Waals surface area contributed by atoms with Crippen LogP contribution in [0.25, 0.3) is 0 Å². The second-order valence-electron chi connectivity index (χ2n) is 8.04. The van der Waals surface area contributed by atoms with Gasteiger partial charge in [0.1, 0.15) is 11.5 Å². The lowest BCUT2D eigenvalue weighted by Gasteiger charge is -2.61. The van der Waals surface area contributed by atoms with E-state index in [0.29, 0.717) is 11.7 Å². The molecule has 1 aromatic rings. The fourth-order valence-corrected chi connectivity index (χ4v) is 5.79. The van der Waals surface area contributed by atoms with Gasteiger partial charge < -0.3 is 15.3 Å². The molecule has 3 nitrogen and oxygen atoms in total. The molecule has 3 fully saturated rings. The summed E-state index contributed by atoms with van der Waals surface area (Å²) < 4.78 is 13.2. The van der Waals surface area contributed by atoms with E-state index in [0.717, 1.165) is 37.7 Å². The van der Waals surface area contributed by atoms with Gasteiger partial charge in [0.15, 0.2) is 5.11 Å². The highest BCUT2D eigenvalue weighted by atomic mass is 32.1. The number of halogens is 1. The summed E-state index contributed by atoms with van der Waals surface area (Å²) in [6.45, 7) is 0.523. The van der Waals surface area contributed by atoms with Gasteiger partial charge in [0, 0.05) is 18.0 Å². The summed E-state index contributed by atoms with van der Waals surface area (Å²) in [6, 6.07) is 6.51. The van der Waals surface area contributed by atoms with Crippen molar-refractivity contribution in [1.82, 2.24) is 10.2 Å². The Balaban J connectivity index is 1.66. The van der Waals surface area contributed by atoms with Crippen LogP contribution in [0.1, 0.15) is 63.4 Å². The number of rotatable bonds is 2. The first kappa shape index (κ1) is 17.2. The van der Waals surface area contributed by atoms with E-state index in [9.17, 15) is 9.50 Å². The lowest BCUT2D eigenvalue weighted by Crippen LogP contribution is -2.75. The first-order valence-corrected chi connectivity index (χ1v) is 10.0. The third kappa shape index (κ3) is 2.95. The van der Waals surface area contributed by atoms with Crippen molar-refractivity contribution >= 4 is 17.3 Å². The van der Waals surface area contributed by atoms with Crippen molar-refractivity contribution in [3.05, 3.63) is 35.6 Å². The number of nitrogens with one attached hydrogen (secondary N) is 1. The zero-order valence-corrected chi connectivity index (χ0v) is 15.5. The second-order valence-corrected chi connectivity index (χ2v) is 8.42. The van der Waals surface area contributed by atoms with Crippen molar-refractivity contribution in [3.8, 4) is 0 Å². The lowest BCUT2D eigenvalue weighted by atomic mass is 9.62. The number of thiocarbonyl (C=S) groups is 1. The normalized spacial score (nSPS) is 31.5. The van der Waals surface area contributed by atoms with Gasteiger partial charge in [0.05, 0.1) is 0 Å². The van der Waals surface area contributed by atoms with Crippen LogP contribution >= 0.6 is 12.2 Å². The molecule has 1 spiro atoms. The van der Waals surface area contributed by atoms with Crippen LogP contribution in [0.4, 0.5) is 4.39 Å². The van der Waals surface area contributed by atoms with E-state index in [1.54, 1.807) is 12.1 Å². The average Bonchev–Trinajstić information content (AvgIpc) is 2.61. The van der Waals surface area contributed by atoms with Gasteiger partial charge in [0.2, 0.25) is 0 Å². The van der Waals surface area contributed by atoms with Crippen LogP contribution in [0.3, 0.4) is 0 Å². The van der Waals surface area contributed by atoms with Crippen LogP contribution in [0.15, 0.2) is 24.3 Å². The van der Waals surface area contributed by atoms with Crippen molar-refractivity contribution in [3.63, 3.8) is 0 Å². The van der Waals surface area contributed by atoms with Crippen LogP contribution in [0.2, 0.25) is 0 Å². The maximum Gasteiger partial charge on any atom is 0.171 e. The molecule has 3 aliphatic rings. The molecule has 2 saturated carbocycles. The number of hydrogen-bond donors (Lipinski definition) is 2. The molecule has 1 saturated heterocycles. The maximum absolute atomic E-state index is 13.2. The third-order valence-electron chi connectivity index (χ3n) is 6.58. The van der Waals surface area contributed by atoms with Crippen molar-refractivity contribution < 1.29 is 9.50 Å². The summed E-state index contributed by atoms with van der Waals surface area (Å²) in [5.74, 6) is -0.0280. The molecule has 5 heteroatoms. The zero-order valence-electron chi connectivity index (χ0n) is 14.6. The molecule has 136 valence electrons. The summed E-state index contributed by atoms with van der Waals surface area (Å²) in [4.78, 5) is 1.97. The van der Waals surface area contributed by atoms with Crippen molar-refractivity contribution in [2.24, 2.45) is 5.92 Å². The molecular weight excluding hydrogens is 335 g/mol. The monoisotopic (exact) mass is 362 g/mol. The molecule has 2 N–H and O–H groups in total. The van der Waals surface area contributed by atoms with Crippen LogP contribution in [-0.2, 0) is 6.54 Å². The molecule has 25 heavy (non-hydrogen) atoms. The minimum atomic E-state index is -0.883. The topological polar surface area (TPSA) is 35.5 Å². The average molecular weight is 363 g/mol. The molecule has 2 atom stereocenters. The van der Waals surface area contributed by atoms with E-state index in [-0.39, 0.29) is 17.3 Å². The van der Waals surface area contributed by atoms with Gasteiger partial charge in [0.25, 0.3) is 0 Å². The van der Waals surface area contributed by atoms with Gasteiger partial charge in [-0.3, -0.25) is 0 Å². The largest absolute Gasteiger partial charge is 0.370 e. The Morgan fingerprint density at radius 1 is 1.08 bits per heavy atom. The van der Waals surface area contributed by atoms with Crippen molar-refractivity contribution in [2.75, 3.05) is 0 Å². The molecule has 0 bridgehead atoms. The predicted octanol–water partition coefficient (Wildman–Crippen LogP) is 4.10. The van der Waals surface area contributed by atoms with E-state index in [1.807, 2.05) is 4.90 Å². The highest BCUT2D eigenvalue weighted by Gasteiger charge is 2.58. The Bertz CT molecular complexity index is 644. The quantitative estimate of drug-likeness (QED) is 0.777. The van der Waals surface area contributed by atoms with E-state index < -0.39 is 5.72 Å². The molecule has 2 aliphatic carbocycles. The Labute approximate surface area is 154 Å². The number of nitrogens with zero attached hydrogens (tertiary/aromatic N) is 1. The zero-order chi connectivity index (χ0) is 17.5. The highest BCUT2D eigenvalue weighted by molar-refractivity contribution is 7.80. The molecule has 4 rings (SSSR count). The summed E-state index contributed by atoms with van der Waals surface area (Å²) in [5.41, 5.74) is 0.0544. The first-order valence-electron chi connectivity index (χ1n) is 9.60. The Morgan fingerprint density at radius 2 is 1.76 bits per heavy atom. The summed E-state index contributed by atoms with van der Waals surface area (Å²) in [7, 11) is 0. The Hall–Kier alpha value is -1.20. The Morgan fingerprint density at radius 3 is 2.48 bits per heavy atom. The molecule has 0 radical (unpaired) electrons. The van der Waals surface area contributed by atoms with Gasteiger partial charge in [-0.1, -0.05) is 37.8 Å². The standard InChI is InChI=1S/C20H27FN2OS/c21-16-9-7-15(8-10-16)14-23-18(25)22-19(11-3-1-4-12-19)17-6-2-5-13-20(17,23)24/h7-10,17,24H,1-6,11-14H2,(H,22,25)/t17-,20+/m1/s1.